The van der Waals surface area contributed by atoms with Crippen LogP contribution in [-0.2, 0) is 11.3 Å². The quantitative estimate of drug-likeness (QED) is 0.617. The Morgan fingerprint density at radius 3 is 2.72 bits per heavy atom. The summed E-state index contributed by atoms with van der Waals surface area (Å²) in [5.74, 6) is 0. The lowest BCUT2D eigenvalue weighted by Crippen LogP contribution is -2.21. The van der Waals surface area contributed by atoms with Gasteiger partial charge in [-0.25, -0.2) is 4.98 Å². The van der Waals surface area contributed by atoms with E-state index in [1.54, 1.807) is 12.5 Å². The zero-order chi connectivity index (χ0) is 13.1. The molecule has 1 aromatic rings. The smallest absolute Gasteiger partial charge is 0.0952 e. The van der Waals surface area contributed by atoms with Crippen LogP contribution >= 0.6 is 0 Å². The van der Waals surface area contributed by atoms with Crippen molar-refractivity contribution < 1.29 is 9.84 Å². The van der Waals surface area contributed by atoms with E-state index in [9.17, 15) is 5.11 Å². The van der Waals surface area contributed by atoms with Gasteiger partial charge in [-0.05, 0) is 6.42 Å². The Morgan fingerprint density at radius 1 is 1.22 bits per heavy atom. The van der Waals surface area contributed by atoms with E-state index in [-0.39, 0.29) is 0 Å². The minimum Gasteiger partial charge on any atom is -0.389 e. The highest BCUT2D eigenvalue weighted by molar-refractivity contribution is 4.75. The van der Waals surface area contributed by atoms with Gasteiger partial charge in [-0.15, -0.1) is 0 Å². The fraction of sp³-hybridized carbons (Fsp3) is 0.786. The number of imidazole rings is 1. The number of unbranched alkanes of at least 4 members (excludes halogenated alkanes) is 5. The van der Waals surface area contributed by atoms with Crippen LogP contribution in [0.3, 0.4) is 0 Å². The first-order valence-electron chi connectivity index (χ1n) is 7.04. The molecule has 0 radical (unpaired) electrons. The molecule has 0 aliphatic rings. The van der Waals surface area contributed by atoms with E-state index in [2.05, 4.69) is 11.9 Å². The maximum absolute atomic E-state index is 9.72. The molecule has 0 bridgehead atoms. The van der Waals surface area contributed by atoms with Gasteiger partial charge in [-0.3, -0.25) is 0 Å². The molecule has 0 aromatic carbocycles. The third-order valence-electron chi connectivity index (χ3n) is 2.93. The standard InChI is InChI=1S/C14H26N2O2/c1-2-3-4-5-6-7-10-18-12-14(17)11-16-9-8-15-13-16/h8-9,13-14,17H,2-7,10-12H2,1H3. The molecule has 1 atom stereocenters. The van der Waals surface area contributed by atoms with Crippen LogP contribution in [0, 0.1) is 0 Å². The molecule has 0 saturated carbocycles. The third-order valence-corrected chi connectivity index (χ3v) is 2.93. The lowest BCUT2D eigenvalue weighted by Gasteiger charge is -2.11. The summed E-state index contributed by atoms with van der Waals surface area (Å²) in [5.41, 5.74) is 0. The minimum absolute atomic E-state index is 0.410. The van der Waals surface area contributed by atoms with Crippen LogP contribution in [0.25, 0.3) is 0 Å². The molecule has 1 heterocycles. The second-order valence-electron chi connectivity index (χ2n) is 4.76. The largest absolute Gasteiger partial charge is 0.389 e. The highest BCUT2D eigenvalue weighted by Crippen LogP contribution is 2.05. The van der Waals surface area contributed by atoms with Crippen molar-refractivity contribution in [1.29, 1.82) is 0 Å². The zero-order valence-electron chi connectivity index (χ0n) is 11.4. The molecule has 0 spiro atoms. The van der Waals surface area contributed by atoms with Crippen molar-refractivity contribution in [3.63, 3.8) is 0 Å². The fourth-order valence-electron chi connectivity index (χ4n) is 1.89. The summed E-state index contributed by atoms with van der Waals surface area (Å²) < 4.78 is 7.33. The van der Waals surface area contributed by atoms with Crippen molar-refractivity contribution in [2.45, 2.75) is 58.1 Å². The van der Waals surface area contributed by atoms with Gasteiger partial charge in [0.05, 0.1) is 25.6 Å². The Kier molecular flexibility index (Phi) is 8.51. The summed E-state index contributed by atoms with van der Waals surface area (Å²) in [6, 6.07) is 0. The number of nitrogens with zero attached hydrogens (tertiary/aromatic N) is 2. The Balaban J connectivity index is 1.88. The summed E-state index contributed by atoms with van der Waals surface area (Å²) in [7, 11) is 0. The van der Waals surface area contributed by atoms with Crippen LogP contribution in [0.15, 0.2) is 18.7 Å². The summed E-state index contributed by atoms with van der Waals surface area (Å²) in [4.78, 5) is 3.93. The number of aliphatic hydroxyl groups is 1. The molecule has 1 unspecified atom stereocenters. The Bertz CT molecular complexity index is 275. The van der Waals surface area contributed by atoms with Crippen molar-refractivity contribution in [3.05, 3.63) is 18.7 Å². The van der Waals surface area contributed by atoms with E-state index in [4.69, 9.17) is 4.74 Å². The maximum Gasteiger partial charge on any atom is 0.0952 e. The van der Waals surface area contributed by atoms with Crippen molar-refractivity contribution in [1.82, 2.24) is 9.55 Å². The van der Waals surface area contributed by atoms with Gasteiger partial charge < -0.3 is 14.4 Å². The van der Waals surface area contributed by atoms with Gasteiger partial charge in [-0.1, -0.05) is 39.0 Å². The Labute approximate surface area is 110 Å². The summed E-state index contributed by atoms with van der Waals surface area (Å²) >= 11 is 0. The molecule has 1 N–H and O–H groups in total. The molecule has 0 aliphatic carbocycles. The highest BCUT2D eigenvalue weighted by atomic mass is 16.5. The van der Waals surface area contributed by atoms with E-state index in [1.165, 1.54) is 32.1 Å². The van der Waals surface area contributed by atoms with E-state index in [0.717, 1.165) is 13.0 Å². The van der Waals surface area contributed by atoms with Crippen molar-refractivity contribution in [3.8, 4) is 0 Å². The molecule has 0 fully saturated rings. The van der Waals surface area contributed by atoms with Gasteiger partial charge in [0.25, 0.3) is 0 Å². The molecular weight excluding hydrogens is 228 g/mol. The van der Waals surface area contributed by atoms with Crippen LogP contribution in [0.2, 0.25) is 0 Å². The molecule has 4 nitrogen and oxygen atoms in total. The van der Waals surface area contributed by atoms with E-state index in [1.807, 2.05) is 10.8 Å². The van der Waals surface area contributed by atoms with Gasteiger partial charge in [0, 0.05) is 19.0 Å². The number of ether oxygens (including phenoxy) is 1. The van der Waals surface area contributed by atoms with E-state index < -0.39 is 6.10 Å². The Morgan fingerprint density at radius 2 is 2.00 bits per heavy atom. The van der Waals surface area contributed by atoms with Crippen molar-refractivity contribution >= 4 is 0 Å². The number of hydrogen-bond acceptors (Lipinski definition) is 3. The Hall–Kier alpha value is -0.870. The molecule has 1 rings (SSSR count). The summed E-state index contributed by atoms with van der Waals surface area (Å²) in [5, 5.41) is 9.72. The normalized spacial score (nSPS) is 12.8. The molecule has 0 aliphatic heterocycles. The second kappa shape index (κ2) is 10.1. The van der Waals surface area contributed by atoms with Crippen LogP contribution in [0.5, 0.6) is 0 Å². The van der Waals surface area contributed by atoms with Crippen LogP contribution in [0.1, 0.15) is 45.4 Å². The first kappa shape index (κ1) is 15.2. The van der Waals surface area contributed by atoms with Crippen molar-refractivity contribution in [2.75, 3.05) is 13.2 Å². The molecule has 0 amide bonds. The average molecular weight is 254 g/mol. The average Bonchev–Trinajstić information content (AvgIpc) is 2.85. The van der Waals surface area contributed by atoms with Crippen molar-refractivity contribution in [2.24, 2.45) is 0 Å². The van der Waals surface area contributed by atoms with Crippen LogP contribution in [-0.4, -0.2) is 34.0 Å². The summed E-state index contributed by atoms with van der Waals surface area (Å²) in [6.07, 6.45) is 12.4. The van der Waals surface area contributed by atoms with Gasteiger partial charge in [-0.2, -0.15) is 0 Å². The minimum atomic E-state index is -0.445. The molecule has 0 saturated heterocycles. The topological polar surface area (TPSA) is 47.3 Å². The van der Waals surface area contributed by atoms with E-state index in [0.29, 0.717) is 13.2 Å². The molecular formula is C14H26N2O2. The van der Waals surface area contributed by atoms with Gasteiger partial charge in [0.15, 0.2) is 0 Å². The van der Waals surface area contributed by atoms with Crippen LogP contribution in [0.4, 0.5) is 0 Å². The second-order valence-corrected chi connectivity index (χ2v) is 4.76. The predicted octanol–water partition coefficient (Wildman–Crippen LogP) is 2.62. The number of aromatic nitrogens is 2. The molecule has 1 aromatic heterocycles. The van der Waals surface area contributed by atoms with Gasteiger partial charge >= 0.3 is 0 Å². The number of rotatable bonds is 11. The third kappa shape index (κ3) is 7.45. The molecule has 18 heavy (non-hydrogen) atoms. The maximum atomic E-state index is 9.72. The van der Waals surface area contributed by atoms with Gasteiger partial charge in [0.2, 0.25) is 0 Å². The number of hydrogen-bond donors (Lipinski definition) is 1. The lowest BCUT2D eigenvalue weighted by atomic mass is 10.1. The highest BCUT2D eigenvalue weighted by Gasteiger charge is 2.04. The molecule has 104 valence electrons. The van der Waals surface area contributed by atoms with Gasteiger partial charge in [0.1, 0.15) is 0 Å². The first-order chi connectivity index (χ1) is 8.83. The van der Waals surface area contributed by atoms with E-state index >= 15 is 0 Å². The monoisotopic (exact) mass is 254 g/mol. The molecule has 4 heteroatoms. The predicted molar refractivity (Wildman–Crippen MR) is 72.4 cm³/mol. The van der Waals surface area contributed by atoms with Crippen LogP contribution < -0.4 is 0 Å². The fourth-order valence-corrected chi connectivity index (χ4v) is 1.89. The SMILES string of the molecule is CCCCCCCCOCC(O)Cn1ccnc1. The lowest BCUT2D eigenvalue weighted by molar-refractivity contribution is 0.0266. The zero-order valence-corrected chi connectivity index (χ0v) is 11.4. The first-order valence-corrected chi connectivity index (χ1v) is 7.04. The number of aliphatic hydroxyl groups excluding tert-OH is 1. The summed E-state index contributed by atoms with van der Waals surface area (Å²) in [6.45, 7) is 3.95.